The third-order valence-corrected chi connectivity index (χ3v) is 1.91. The Labute approximate surface area is 96.3 Å². The summed E-state index contributed by atoms with van der Waals surface area (Å²) in [5.41, 5.74) is -0.320. The molecule has 0 saturated heterocycles. The van der Waals surface area contributed by atoms with E-state index < -0.39 is 4.92 Å². The molecule has 0 N–H and O–H groups in total. The van der Waals surface area contributed by atoms with Crippen molar-refractivity contribution >= 4 is 12.0 Å². The van der Waals surface area contributed by atoms with Gasteiger partial charge in [0.05, 0.1) is 23.7 Å². The van der Waals surface area contributed by atoms with Crippen molar-refractivity contribution in [2.24, 2.45) is 0 Å². The molecule has 0 unspecified atom stereocenters. The number of nitro groups is 1. The summed E-state index contributed by atoms with van der Waals surface area (Å²) in [6.45, 7) is -0.283. The number of hydrogen-bond acceptors (Lipinski definition) is 6. The van der Waals surface area contributed by atoms with Crippen molar-refractivity contribution in [3.8, 4) is 17.6 Å². The van der Waals surface area contributed by atoms with E-state index in [0.29, 0.717) is 6.29 Å². The van der Waals surface area contributed by atoms with Crippen molar-refractivity contribution in [3.63, 3.8) is 0 Å². The molecule has 1 aromatic rings. The third-order valence-electron chi connectivity index (χ3n) is 1.91. The second-order valence-electron chi connectivity index (χ2n) is 2.89. The van der Waals surface area contributed by atoms with Crippen LogP contribution in [-0.4, -0.2) is 24.9 Å². The molecule has 0 aliphatic rings. The van der Waals surface area contributed by atoms with Gasteiger partial charge in [-0.25, -0.2) is 0 Å². The molecule has 0 aliphatic carbocycles. The molecule has 0 fully saturated rings. The largest absolute Gasteiger partial charge is 0.493 e. The number of nitrogens with zero attached hydrogens (tertiary/aromatic N) is 2. The van der Waals surface area contributed by atoms with Crippen LogP contribution < -0.4 is 9.47 Å². The van der Waals surface area contributed by atoms with Gasteiger partial charge in [-0.3, -0.25) is 14.9 Å². The quantitative estimate of drug-likeness (QED) is 0.434. The highest BCUT2D eigenvalue weighted by molar-refractivity contribution is 5.83. The van der Waals surface area contributed by atoms with Crippen molar-refractivity contribution in [2.45, 2.75) is 0 Å². The summed E-state index contributed by atoms with van der Waals surface area (Å²) < 4.78 is 9.87. The molecular weight excluding hydrogens is 228 g/mol. The number of nitriles is 1. The van der Waals surface area contributed by atoms with Crippen LogP contribution in [-0.2, 0) is 0 Å². The van der Waals surface area contributed by atoms with E-state index in [1.807, 2.05) is 0 Å². The molecule has 0 spiro atoms. The Kier molecular flexibility index (Phi) is 4.00. The van der Waals surface area contributed by atoms with E-state index in [-0.39, 0.29) is 29.4 Å². The average Bonchev–Trinajstić information content (AvgIpc) is 2.34. The van der Waals surface area contributed by atoms with Crippen LogP contribution in [0.1, 0.15) is 10.4 Å². The summed E-state index contributed by atoms with van der Waals surface area (Å²) in [6.07, 6.45) is 0.405. The van der Waals surface area contributed by atoms with Crippen molar-refractivity contribution in [1.82, 2.24) is 0 Å². The lowest BCUT2D eigenvalue weighted by Gasteiger charge is -2.10. The Morgan fingerprint density at radius 3 is 2.76 bits per heavy atom. The molecule has 0 amide bonds. The normalized spacial score (nSPS) is 9.18. The van der Waals surface area contributed by atoms with Crippen LogP contribution in [0.2, 0.25) is 0 Å². The standard InChI is InChI=1S/C10H8N2O5/c1-16-9-5-8(12(14)15)4-7(6-13)10(9)17-3-2-11/h4-6H,3H2,1H3. The maximum absolute atomic E-state index is 10.8. The molecule has 0 radical (unpaired) electrons. The van der Waals surface area contributed by atoms with Gasteiger partial charge < -0.3 is 9.47 Å². The minimum atomic E-state index is -0.649. The Balaban J connectivity index is 3.31. The zero-order chi connectivity index (χ0) is 12.8. The van der Waals surface area contributed by atoms with Crippen LogP contribution in [0.5, 0.6) is 11.5 Å². The van der Waals surface area contributed by atoms with E-state index in [9.17, 15) is 14.9 Å². The van der Waals surface area contributed by atoms with E-state index in [4.69, 9.17) is 14.7 Å². The fourth-order valence-corrected chi connectivity index (χ4v) is 1.21. The highest BCUT2D eigenvalue weighted by Gasteiger charge is 2.18. The first-order chi connectivity index (χ1) is 8.13. The fourth-order valence-electron chi connectivity index (χ4n) is 1.21. The van der Waals surface area contributed by atoms with E-state index in [1.54, 1.807) is 6.07 Å². The average molecular weight is 236 g/mol. The topological polar surface area (TPSA) is 102 Å². The van der Waals surface area contributed by atoms with Crippen molar-refractivity contribution in [1.29, 1.82) is 5.26 Å². The Bertz CT molecular complexity index is 492. The number of benzene rings is 1. The summed E-state index contributed by atoms with van der Waals surface area (Å²) in [7, 11) is 1.28. The first-order valence-electron chi connectivity index (χ1n) is 4.45. The van der Waals surface area contributed by atoms with Gasteiger partial charge in [0.15, 0.2) is 24.4 Å². The smallest absolute Gasteiger partial charge is 0.274 e. The lowest BCUT2D eigenvalue weighted by atomic mass is 10.2. The summed E-state index contributed by atoms with van der Waals surface area (Å²) in [6, 6.07) is 3.91. The fraction of sp³-hybridized carbons (Fsp3) is 0.200. The number of hydrogen-bond donors (Lipinski definition) is 0. The van der Waals surface area contributed by atoms with Crippen LogP contribution in [0, 0.1) is 21.4 Å². The van der Waals surface area contributed by atoms with Crippen LogP contribution in [0.25, 0.3) is 0 Å². The predicted molar refractivity (Wildman–Crippen MR) is 56.1 cm³/mol. The number of methoxy groups -OCH3 is 1. The zero-order valence-electron chi connectivity index (χ0n) is 8.87. The molecule has 0 atom stereocenters. The van der Waals surface area contributed by atoms with Gasteiger partial charge >= 0.3 is 0 Å². The van der Waals surface area contributed by atoms with Gasteiger partial charge in [-0.15, -0.1) is 0 Å². The van der Waals surface area contributed by atoms with Crippen molar-refractivity contribution < 1.29 is 19.2 Å². The van der Waals surface area contributed by atoms with Crippen molar-refractivity contribution in [2.75, 3.05) is 13.7 Å². The van der Waals surface area contributed by atoms with Crippen LogP contribution in [0.15, 0.2) is 12.1 Å². The lowest BCUT2D eigenvalue weighted by molar-refractivity contribution is -0.385. The molecule has 0 aliphatic heterocycles. The number of ether oxygens (including phenoxy) is 2. The van der Waals surface area contributed by atoms with E-state index in [2.05, 4.69) is 0 Å². The van der Waals surface area contributed by atoms with Gasteiger partial charge in [0.25, 0.3) is 5.69 Å². The predicted octanol–water partition coefficient (Wildman–Crippen LogP) is 1.32. The molecule has 0 aromatic heterocycles. The SMILES string of the molecule is COc1cc([N+](=O)[O-])cc(C=O)c1OCC#N. The van der Waals surface area contributed by atoms with Gasteiger partial charge in [0.2, 0.25) is 0 Å². The number of carbonyl (C=O) groups is 1. The molecule has 7 heteroatoms. The molecule has 88 valence electrons. The van der Waals surface area contributed by atoms with Gasteiger partial charge in [0, 0.05) is 6.07 Å². The van der Waals surface area contributed by atoms with Crippen LogP contribution in [0.3, 0.4) is 0 Å². The summed E-state index contributed by atoms with van der Waals surface area (Å²) in [5, 5.41) is 19.0. The van der Waals surface area contributed by atoms with Gasteiger partial charge in [-0.2, -0.15) is 5.26 Å². The summed E-state index contributed by atoms with van der Waals surface area (Å²) in [5.74, 6) is 0.0613. The molecule has 1 aromatic carbocycles. The number of nitro benzene ring substituents is 1. The summed E-state index contributed by atoms with van der Waals surface area (Å²) in [4.78, 5) is 20.7. The van der Waals surface area contributed by atoms with E-state index in [0.717, 1.165) is 12.1 Å². The minimum absolute atomic E-state index is 0.0228. The highest BCUT2D eigenvalue weighted by Crippen LogP contribution is 2.34. The monoisotopic (exact) mass is 236 g/mol. The highest BCUT2D eigenvalue weighted by atomic mass is 16.6. The maximum Gasteiger partial charge on any atom is 0.274 e. The molecule has 17 heavy (non-hydrogen) atoms. The first kappa shape index (κ1) is 12.4. The van der Waals surface area contributed by atoms with Crippen molar-refractivity contribution in [3.05, 3.63) is 27.8 Å². The molecule has 1 rings (SSSR count). The number of non-ortho nitro benzene ring substituents is 1. The third kappa shape index (κ3) is 2.69. The Morgan fingerprint density at radius 2 is 2.29 bits per heavy atom. The van der Waals surface area contributed by atoms with Crippen LogP contribution in [0.4, 0.5) is 5.69 Å². The van der Waals surface area contributed by atoms with Gasteiger partial charge in [-0.05, 0) is 0 Å². The number of aldehydes is 1. The lowest BCUT2D eigenvalue weighted by Crippen LogP contribution is -2.02. The van der Waals surface area contributed by atoms with Gasteiger partial charge in [-0.1, -0.05) is 0 Å². The Hall–Kier alpha value is -2.62. The van der Waals surface area contributed by atoms with Gasteiger partial charge in [0.1, 0.15) is 6.07 Å². The second kappa shape index (κ2) is 5.46. The summed E-state index contributed by atoms with van der Waals surface area (Å²) >= 11 is 0. The molecular formula is C10H8N2O5. The Morgan fingerprint density at radius 1 is 1.59 bits per heavy atom. The van der Waals surface area contributed by atoms with Crippen LogP contribution >= 0.6 is 0 Å². The maximum atomic E-state index is 10.8. The molecule has 7 nitrogen and oxygen atoms in total. The van der Waals surface area contributed by atoms with E-state index in [1.165, 1.54) is 7.11 Å². The second-order valence-corrected chi connectivity index (χ2v) is 2.89. The number of rotatable bonds is 5. The number of carbonyl (C=O) groups excluding carboxylic acids is 1. The molecule has 0 bridgehead atoms. The molecule has 0 heterocycles. The van der Waals surface area contributed by atoms with E-state index >= 15 is 0 Å². The minimum Gasteiger partial charge on any atom is -0.493 e. The first-order valence-corrected chi connectivity index (χ1v) is 4.45. The zero-order valence-corrected chi connectivity index (χ0v) is 8.87. The molecule has 0 saturated carbocycles.